The number of benzene rings is 1. The summed E-state index contributed by atoms with van der Waals surface area (Å²) in [5.74, 6) is -0.263. The summed E-state index contributed by atoms with van der Waals surface area (Å²) in [6, 6.07) is 8.28. The quantitative estimate of drug-likeness (QED) is 0.711. The molecule has 1 aromatic carbocycles. The molecule has 0 unspecified atom stereocenters. The van der Waals surface area contributed by atoms with Crippen LogP contribution in [0.3, 0.4) is 0 Å². The van der Waals surface area contributed by atoms with Crippen molar-refractivity contribution in [3.63, 3.8) is 0 Å². The van der Waals surface area contributed by atoms with Crippen molar-refractivity contribution < 1.29 is 4.39 Å². The predicted molar refractivity (Wildman–Crippen MR) is 69.7 cm³/mol. The smallest absolute Gasteiger partial charge is 0.140 e. The number of nitrogens with zero attached hydrogens (tertiary/aromatic N) is 2. The number of aryl methyl sites for hydroxylation is 1. The molecule has 0 spiro atoms. The fourth-order valence-electron chi connectivity index (χ4n) is 2.08. The molecule has 18 heavy (non-hydrogen) atoms. The second-order valence-corrected chi connectivity index (χ2v) is 4.32. The number of halogens is 1. The van der Waals surface area contributed by atoms with E-state index in [1.807, 2.05) is 29.7 Å². The van der Waals surface area contributed by atoms with Crippen LogP contribution in [0.4, 0.5) is 10.1 Å². The van der Waals surface area contributed by atoms with Crippen LogP contribution in [-0.2, 0) is 0 Å². The molecule has 0 radical (unpaired) electrons. The summed E-state index contributed by atoms with van der Waals surface area (Å²) < 4.78 is 15.1. The average molecular weight is 241 g/mol. The van der Waals surface area contributed by atoms with Crippen LogP contribution in [0.15, 0.2) is 42.7 Å². The zero-order valence-electron chi connectivity index (χ0n) is 9.89. The maximum atomic E-state index is 13.2. The highest BCUT2D eigenvalue weighted by Gasteiger charge is 2.07. The third kappa shape index (κ3) is 1.72. The Morgan fingerprint density at radius 1 is 1.22 bits per heavy atom. The Balaban J connectivity index is 2.22. The Hall–Kier alpha value is -2.36. The first-order valence-electron chi connectivity index (χ1n) is 5.64. The molecule has 2 N–H and O–H groups in total. The number of pyridine rings is 1. The largest absolute Gasteiger partial charge is 0.398 e. The number of imidazole rings is 1. The molecule has 0 fully saturated rings. The first-order chi connectivity index (χ1) is 8.63. The highest BCUT2D eigenvalue weighted by atomic mass is 19.1. The van der Waals surface area contributed by atoms with Gasteiger partial charge in [0.2, 0.25) is 0 Å². The summed E-state index contributed by atoms with van der Waals surface area (Å²) >= 11 is 0. The van der Waals surface area contributed by atoms with E-state index in [4.69, 9.17) is 5.73 Å². The zero-order chi connectivity index (χ0) is 12.7. The van der Waals surface area contributed by atoms with E-state index in [0.717, 1.165) is 22.5 Å². The molecule has 0 aliphatic rings. The first-order valence-corrected chi connectivity index (χ1v) is 5.64. The number of rotatable bonds is 1. The summed E-state index contributed by atoms with van der Waals surface area (Å²) in [7, 11) is 0. The second-order valence-electron chi connectivity index (χ2n) is 4.32. The molecule has 2 heterocycles. The fourth-order valence-corrected chi connectivity index (χ4v) is 2.08. The standard InChI is InChI=1S/C14H12FN3/c1-9-5-12(16)7-18-8-13(17-14(9)18)10-3-2-4-11(15)6-10/h2-8H,16H2,1H3. The van der Waals surface area contributed by atoms with Gasteiger partial charge in [-0.2, -0.15) is 0 Å². The average Bonchev–Trinajstić information content (AvgIpc) is 2.73. The van der Waals surface area contributed by atoms with E-state index in [1.165, 1.54) is 12.1 Å². The molecule has 4 heteroatoms. The molecule has 0 aliphatic carbocycles. The molecule has 0 bridgehead atoms. The monoisotopic (exact) mass is 241 g/mol. The van der Waals surface area contributed by atoms with Crippen LogP contribution in [0, 0.1) is 12.7 Å². The van der Waals surface area contributed by atoms with Gasteiger partial charge in [-0.1, -0.05) is 12.1 Å². The van der Waals surface area contributed by atoms with Gasteiger partial charge in [0, 0.05) is 23.6 Å². The van der Waals surface area contributed by atoms with Crippen molar-refractivity contribution in [3.8, 4) is 11.3 Å². The van der Waals surface area contributed by atoms with Crippen LogP contribution in [0.1, 0.15) is 5.56 Å². The molecule has 3 nitrogen and oxygen atoms in total. The van der Waals surface area contributed by atoms with Gasteiger partial charge in [-0.25, -0.2) is 9.37 Å². The van der Waals surface area contributed by atoms with E-state index >= 15 is 0 Å². The molecule has 3 aromatic rings. The molecule has 0 amide bonds. The van der Waals surface area contributed by atoms with Gasteiger partial charge in [-0.05, 0) is 30.7 Å². The Bertz CT molecular complexity index is 731. The number of nitrogens with two attached hydrogens (primary N) is 1. The van der Waals surface area contributed by atoms with Crippen molar-refractivity contribution in [3.05, 3.63) is 54.1 Å². The van der Waals surface area contributed by atoms with E-state index in [9.17, 15) is 4.39 Å². The third-order valence-electron chi connectivity index (χ3n) is 2.88. The minimum atomic E-state index is -0.263. The highest BCUT2D eigenvalue weighted by molar-refractivity contribution is 5.65. The summed E-state index contributed by atoms with van der Waals surface area (Å²) in [6.07, 6.45) is 3.66. The Labute approximate surface area is 104 Å². The second kappa shape index (κ2) is 3.84. The molecule has 0 atom stereocenters. The number of fused-ring (bicyclic) bond motifs is 1. The Morgan fingerprint density at radius 2 is 2.06 bits per heavy atom. The van der Waals surface area contributed by atoms with Crippen molar-refractivity contribution in [2.45, 2.75) is 6.92 Å². The van der Waals surface area contributed by atoms with Gasteiger partial charge in [0.1, 0.15) is 11.5 Å². The molecular weight excluding hydrogens is 229 g/mol. The van der Waals surface area contributed by atoms with E-state index in [-0.39, 0.29) is 5.82 Å². The lowest BCUT2D eigenvalue weighted by Crippen LogP contribution is -1.92. The first kappa shape index (κ1) is 10.8. The van der Waals surface area contributed by atoms with E-state index in [1.54, 1.807) is 12.3 Å². The van der Waals surface area contributed by atoms with Crippen molar-refractivity contribution in [1.29, 1.82) is 0 Å². The number of hydrogen-bond acceptors (Lipinski definition) is 2. The molecular formula is C14H12FN3. The third-order valence-corrected chi connectivity index (χ3v) is 2.88. The van der Waals surface area contributed by atoms with Crippen molar-refractivity contribution in [2.24, 2.45) is 0 Å². The summed E-state index contributed by atoms with van der Waals surface area (Å²) in [5.41, 5.74) is 9.81. The molecule has 0 saturated heterocycles. The van der Waals surface area contributed by atoms with Crippen LogP contribution in [0.5, 0.6) is 0 Å². The highest BCUT2D eigenvalue weighted by Crippen LogP contribution is 2.22. The van der Waals surface area contributed by atoms with E-state index < -0.39 is 0 Å². The van der Waals surface area contributed by atoms with Gasteiger partial charge in [0.15, 0.2) is 0 Å². The van der Waals surface area contributed by atoms with Gasteiger partial charge in [-0.15, -0.1) is 0 Å². The molecule has 0 saturated carbocycles. The van der Waals surface area contributed by atoms with Crippen LogP contribution in [0.25, 0.3) is 16.9 Å². The lowest BCUT2D eigenvalue weighted by atomic mass is 10.2. The number of nitrogen functional groups attached to an aromatic ring is 1. The summed E-state index contributed by atoms with van der Waals surface area (Å²) in [6.45, 7) is 1.95. The Kier molecular flexibility index (Phi) is 2.30. The van der Waals surface area contributed by atoms with Crippen LogP contribution in [-0.4, -0.2) is 9.38 Å². The van der Waals surface area contributed by atoms with Crippen molar-refractivity contribution >= 4 is 11.3 Å². The summed E-state index contributed by atoms with van der Waals surface area (Å²) in [4.78, 5) is 4.51. The van der Waals surface area contributed by atoms with Crippen LogP contribution >= 0.6 is 0 Å². The van der Waals surface area contributed by atoms with Gasteiger partial charge in [0.05, 0.1) is 5.69 Å². The SMILES string of the molecule is Cc1cc(N)cn2cc(-c3cccc(F)c3)nc12. The van der Waals surface area contributed by atoms with Gasteiger partial charge in [0.25, 0.3) is 0 Å². The van der Waals surface area contributed by atoms with Gasteiger partial charge < -0.3 is 10.1 Å². The minimum absolute atomic E-state index is 0.263. The number of anilines is 1. The van der Waals surface area contributed by atoms with Crippen LogP contribution < -0.4 is 5.73 Å². The Morgan fingerprint density at radius 3 is 2.83 bits per heavy atom. The minimum Gasteiger partial charge on any atom is -0.398 e. The zero-order valence-corrected chi connectivity index (χ0v) is 9.89. The molecule has 90 valence electrons. The molecule has 3 rings (SSSR count). The van der Waals surface area contributed by atoms with Crippen molar-refractivity contribution in [2.75, 3.05) is 5.73 Å². The number of hydrogen-bond donors (Lipinski definition) is 1. The molecule has 0 aliphatic heterocycles. The van der Waals surface area contributed by atoms with Gasteiger partial charge in [-0.3, -0.25) is 0 Å². The van der Waals surface area contributed by atoms with Crippen LogP contribution in [0.2, 0.25) is 0 Å². The topological polar surface area (TPSA) is 43.3 Å². The number of aromatic nitrogens is 2. The van der Waals surface area contributed by atoms with Crippen molar-refractivity contribution in [1.82, 2.24) is 9.38 Å². The fraction of sp³-hybridized carbons (Fsp3) is 0.0714. The predicted octanol–water partition coefficient (Wildman–Crippen LogP) is 3.03. The molecule has 2 aromatic heterocycles. The van der Waals surface area contributed by atoms with Gasteiger partial charge >= 0.3 is 0 Å². The maximum Gasteiger partial charge on any atom is 0.140 e. The summed E-state index contributed by atoms with van der Waals surface area (Å²) in [5, 5.41) is 0. The van der Waals surface area contributed by atoms with E-state index in [2.05, 4.69) is 4.98 Å². The normalized spacial score (nSPS) is 11.0. The lowest BCUT2D eigenvalue weighted by molar-refractivity contribution is 0.628. The van der Waals surface area contributed by atoms with E-state index in [0.29, 0.717) is 5.69 Å². The maximum absolute atomic E-state index is 13.2. The lowest BCUT2D eigenvalue weighted by Gasteiger charge is -1.98.